The fourth-order valence-corrected chi connectivity index (χ4v) is 4.85. The van der Waals surface area contributed by atoms with Crippen molar-refractivity contribution in [2.24, 2.45) is 0 Å². The number of nitrogens with one attached hydrogen (secondary N) is 1. The lowest BCUT2D eigenvalue weighted by atomic mass is 10.1. The van der Waals surface area contributed by atoms with Crippen LogP contribution in [-0.4, -0.2) is 51.4 Å². The molecule has 1 heterocycles. The molecular weight excluding hydrogens is 389 g/mol. The molecule has 148 valence electrons. The summed E-state index contributed by atoms with van der Waals surface area (Å²) in [5.41, 5.74) is 1.71. The Balaban J connectivity index is 0.00000261. The molecule has 0 saturated carbocycles. The van der Waals surface area contributed by atoms with Crippen LogP contribution >= 0.6 is 12.4 Å². The molecule has 1 atom stereocenters. The molecular formula is C19H25ClFN3O2S. The van der Waals surface area contributed by atoms with Gasteiger partial charge in [-0.1, -0.05) is 24.3 Å². The van der Waals surface area contributed by atoms with Crippen LogP contribution in [0.2, 0.25) is 0 Å². The molecule has 0 aliphatic carbocycles. The molecule has 1 aliphatic rings. The van der Waals surface area contributed by atoms with Gasteiger partial charge in [-0.05, 0) is 49.5 Å². The quantitative estimate of drug-likeness (QED) is 0.818. The summed E-state index contributed by atoms with van der Waals surface area (Å²) in [7, 11) is 0.274. The minimum absolute atomic E-state index is 0. The van der Waals surface area contributed by atoms with Crippen LogP contribution in [0.4, 0.5) is 4.39 Å². The Kier molecular flexibility index (Phi) is 7.36. The number of hydrogen-bond donors (Lipinski definition) is 1. The minimum Gasteiger partial charge on any atom is -0.313 e. The molecule has 1 unspecified atom stereocenters. The summed E-state index contributed by atoms with van der Waals surface area (Å²) < 4.78 is 41.5. The van der Waals surface area contributed by atoms with E-state index in [9.17, 15) is 12.8 Å². The molecule has 0 amide bonds. The van der Waals surface area contributed by atoms with Crippen molar-refractivity contribution >= 4 is 22.4 Å². The van der Waals surface area contributed by atoms with Crippen molar-refractivity contribution in [1.82, 2.24) is 14.5 Å². The lowest BCUT2D eigenvalue weighted by Crippen LogP contribution is -2.48. The van der Waals surface area contributed by atoms with Gasteiger partial charge in [-0.3, -0.25) is 0 Å². The Labute approximate surface area is 166 Å². The highest BCUT2D eigenvalue weighted by Gasteiger charge is 2.34. The van der Waals surface area contributed by atoms with Gasteiger partial charge in [0.2, 0.25) is 10.0 Å². The van der Waals surface area contributed by atoms with E-state index in [1.54, 1.807) is 24.3 Å². The SMILES string of the molecule is CN(C)Cc1ccc(S(=O)(=O)N2CCNCC2c2cccc(F)c2)cc1.Cl. The van der Waals surface area contributed by atoms with Gasteiger partial charge in [0.05, 0.1) is 10.9 Å². The summed E-state index contributed by atoms with van der Waals surface area (Å²) in [6.07, 6.45) is 0. The highest BCUT2D eigenvalue weighted by Crippen LogP contribution is 2.29. The summed E-state index contributed by atoms with van der Waals surface area (Å²) in [6.45, 7) is 2.13. The average Bonchev–Trinajstić information content (AvgIpc) is 2.62. The molecule has 2 aromatic rings. The van der Waals surface area contributed by atoms with Crippen LogP contribution in [0.15, 0.2) is 53.4 Å². The van der Waals surface area contributed by atoms with Gasteiger partial charge in [-0.25, -0.2) is 12.8 Å². The smallest absolute Gasteiger partial charge is 0.243 e. The van der Waals surface area contributed by atoms with Crippen molar-refractivity contribution in [3.63, 3.8) is 0 Å². The molecule has 1 fully saturated rings. The molecule has 5 nitrogen and oxygen atoms in total. The van der Waals surface area contributed by atoms with Gasteiger partial charge in [0.15, 0.2) is 0 Å². The number of halogens is 2. The lowest BCUT2D eigenvalue weighted by Gasteiger charge is -2.35. The number of piperazine rings is 1. The first kappa shape index (κ1) is 21.8. The van der Waals surface area contributed by atoms with Crippen LogP contribution in [0.1, 0.15) is 17.2 Å². The first-order valence-corrected chi connectivity index (χ1v) is 10.0. The summed E-state index contributed by atoms with van der Waals surface area (Å²) in [4.78, 5) is 2.29. The highest BCUT2D eigenvalue weighted by atomic mass is 35.5. The summed E-state index contributed by atoms with van der Waals surface area (Å²) in [6, 6.07) is 12.7. The molecule has 8 heteroatoms. The second-order valence-corrected chi connectivity index (χ2v) is 8.66. The van der Waals surface area contributed by atoms with Gasteiger partial charge in [0.1, 0.15) is 5.82 Å². The molecule has 1 saturated heterocycles. The average molecular weight is 414 g/mol. The lowest BCUT2D eigenvalue weighted by molar-refractivity contribution is 0.271. The summed E-state index contributed by atoms with van der Waals surface area (Å²) in [5, 5.41) is 3.20. The second-order valence-electron chi connectivity index (χ2n) is 6.77. The highest BCUT2D eigenvalue weighted by molar-refractivity contribution is 7.89. The van der Waals surface area contributed by atoms with E-state index >= 15 is 0 Å². The predicted molar refractivity (Wildman–Crippen MR) is 107 cm³/mol. The fourth-order valence-electron chi connectivity index (χ4n) is 3.24. The van der Waals surface area contributed by atoms with Crippen LogP contribution in [0.5, 0.6) is 0 Å². The minimum atomic E-state index is -3.66. The van der Waals surface area contributed by atoms with Crippen LogP contribution in [0.3, 0.4) is 0 Å². The Morgan fingerprint density at radius 3 is 2.52 bits per heavy atom. The Bertz CT molecular complexity index is 860. The van der Waals surface area contributed by atoms with Gasteiger partial charge in [-0.15, -0.1) is 12.4 Å². The van der Waals surface area contributed by atoms with Crippen molar-refractivity contribution in [1.29, 1.82) is 0 Å². The van der Waals surface area contributed by atoms with E-state index in [0.29, 0.717) is 25.2 Å². The van der Waals surface area contributed by atoms with Crippen LogP contribution in [0, 0.1) is 5.82 Å². The number of nitrogens with zero attached hydrogens (tertiary/aromatic N) is 2. The van der Waals surface area contributed by atoms with E-state index < -0.39 is 16.1 Å². The maximum Gasteiger partial charge on any atom is 0.243 e. The van der Waals surface area contributed by atoms with Gasteiger partial charge < -0.3 is 10.2 Å². The van der Waals surface area contributed by atoms with Crippen LogP contribution in [-0.2, 0) is 16.6 Å². The summed E-state index contributed by atoms with van der Waals surface area (Å²) in [5.74, 6) is -0.363. The van der Waals surface area contributed by atoms with E-state index in [1.807, 2.05) is 31.1 Å². The zero-order chi connectivity index (χ0) is 18.7. The normalized spacial score (nSPS) is 18.3. The van der Waals surface area contributed by atoms with Crippen molar-refractivity contribution in [3.05, 3.63) is 65.5 Å². The molecule has 0 bridgehead atoms. The van der Waals surface area contributed by atoms with Gasteiger partial charge >= 0.3 is 0 Å². The van der Waals surface area contributed by atoms with Crippen molar-refractivity contribution in [2.45, 2.75) is 17.5 Å². The molecule has 27 heavy (non-hydrogen) atoms. The molecule has 1 aliphatic heterocycles. The Morgan fingerprint density at radius 2 is 1.89 bits per heavy atom. The predicted octanol–water partition coefficient (Wildman–Crippen LogP) is 2.64. The first-order valence-electron chi connectivity index (χ1n) is 8.59. The summed E-state index contributed by atoms with van der Waals surface area (Å²) >= 11 is 0. The monoisotopic (exact) mass is 413 g/mol. The molecule has 0 radical (unpaired) electrons. The number of hydrogen-bond acceptors (Lipinski definition) is 4. The zero-order valence-electron chi connectivity index (χ0n) is 15.4. The Hall–Kier alpha value is -1.51. The molecule has 2 aromatic carbocycles. The number of rotatable bonds is 5. The largest absolute Gasteiger partial charge is 0.313 e. The first-order chi connectivity index (χ1) is 12.4. The van der Waals surface area contributed by atoms with E-state index in [1.165, 1.54) is 16.4 Å². The maximum absolute atomic E-state index is 13.6. The molecule has 1 N–H and O–H groups in total. The standard InChI is InChI=1S/C19H24FN3O2S.ClH/c1-22(2)14-15-6-8-18(9-7-15)26(24,25)23-11-10-21-13-19(23)16-4-3-5-17(20)12-16;/h3-9,12,19,21H,10-11,13-14H2,1-2H3;1H. The third kappa shape index (κ3) is 5.06. The van der Waals surface area contributed by atoms with Gasteiger partial charge in [0, 0.05) is 26.2 Å². The van der Waals surface area contributed by atoms with E-state index in [-0.39, 0.29) is 23.1 Å². The number of sulfonamides is 1. The third-order valence-corrected chi connectivity index (χ3v) is 6.38. The molecule has 0 spiro atoms. The Morgan fingerprint density at radius 1 is 1.19 bits per heavy atom. The van der Waals surface area contributed by atoms with Crippen molar-refractivity contribution in [2.75, 3.05) is 33.7 Å². The topological polar surface area (TPSA) is 52.7 Å². The van der Waals surface area contributed by atoms with Crippen molar-refractivity contribution < 1.29 is 12.8 Å². The maximum atomic E-state index is 13.6. The van der Waals surface area contributed by atoms with Gasteiger partial charge in [-0.2, -0.15) is 4.31 Å². The van der Waals surface area contributed by atoms with E-state index in [0.717, 1.165) is 12.1 Å². The number of benzene rings is 2. The van der Waals surface area contributed by atoms with Crippen molar-refractivity contribution in [3.8, 4) is 0 Å². The fraction of sp³-hybridized carbons (Fsp3) is 0.368. The van der Waals surface area contributed by atoms with E-state index in [2.05, 4.69) is 5.32 Å². The third-order valence-electron chi connectivity index (χ3n) is 4.46. The second kappa shape index (κ2) is 9.12. The van der Waals surface area contributed by atoms with Crippen LogP contribution < -0.4 is 5.32 Å². The van der Waals surface area contributed by atoms with Crippen LogP contribution in [0.25, 0.3) is 0 Å². The van der Waals surface area contributed by atoms with Gasteiger partial charge in [0.25, 0.3) is 0 Å². The van der Waals surface area contributed by atoms with E-state index in [4.69, 9.17) is 0 Å². The zero-order valence-corrected chi connectivity index (χ0v) is 17.1. The molecule has 3 rings (SSSR count). The molecule has 0 aromatic heterocycles.